The number of piperidine rings is 3. The lowest BCUT2D eigenvalue weighted by atomic mass is 9.76. The Morgan fingerprint density at radius 2 is 1.41 bits per heavy atom. The van der Waals surface area contributed by atoms with Crippen LogP contribution >= 0.6 is 0 Å². The van der Waals surface area contributed by atoms with Crippen LogP contribution in [0.15, 0.2) is 60.7 Å². The number of fused-ring (bicyclic) bond motifs is 1. The number of carbonyl (C=O) groups is 2. The number of urea groups is 1. The molecule has 0 aromatic heterocycles. The average Bonchev–Trinajstić information content (AvgIpc) is 2.85. The molecule has 3 fully saturated rings. The molecule has 1 N–H and O–H groups in total. The summed E-state index contributed by atoms with van der Waals surface area (Å²) in [4.78, 5) is 29.1. The van der Waals surface area contributed by atoms with Crippen LogP contribution in [0.5, 0.6) is 0 Å². The zero-order valence-electron chi connectivity index (χ0n) is 18.7. The van der Waals surface area contributed by atoms with Crippen LogP contribution < -0.4 is 5.32 Å². The summed E-state index contributed by atoms with van der Waals surface area (Å²) in [6.45, 7) is 3.07. The zero-order valence-corrected chi connectivity index (χ0v) is 18.7. The van der Waals surface area contributed by atoms with E-state index in [1.807, 2.05) is 9.80 Å². The first-order chi connectivity index (χ1) is 15.7. The van der Waals surface area contributed by atoms with E-state index in [-0.39, 0.29) is 18.0 Å². The highest BCUT2D eigenvalue weighted by molar-refractivity contribution is 5.78. The summed E-state index contributed by atoms with van der Waals surface area (Å²) in [5.74, 6) is 1.55. The van der Waals surface area contributed by atoms with E-state index in [4.69, 9.17) is 0 Å². The molecule has 3 aliphatic rings. The van der Waals surface area contributed by atoms with E-state index >= 15 is 0 Å². The minimum atomic E-state index is 0.132. The van der Waals surface area contributed by atoms with E-state index in [1.54, 1.807) is 0 Å². The van der Waals surface area contributed by atoms with Gasteiger partial charge in [0.15, 0.2) is 0 Å². The first-order valence-electron chi connectivity index (χ1n) is 12.1. The normalized spacial score (nSPS) is 24.2. The van der Waals surface area contributed by atoms with Crippen LogP contribution in [-0.2, 0) is 4.79 Å². The molecule has 32 heavy (non-hydrogen) atoms. The van der Waals surface area contributed by atoms with Gasteiger partial charge in [-0.05, 0) is 48.6 Å². The van der Waals surface area contributed by atoms with Crippen molar-refractivity contribution in [1.82, 2.24) is 15.1 Å². The third-order valence-electron chi connectivity index (χ3n) is 7.71. The van der Waals surface area contributed by atoms with Crippen LogP contribution in [0.25, 0.3) is 0 Å². The molecular weight excluding hydrogens is 398 g/mol. The van der Waals surface area contributed by atoms with Gasteiger partial charge in [0.25, 0.3) is 0 Å². The summed E-state index contributed by atoms with van der Waals surface area (Å²) in [6.07, 6.45) is 4.61. The molecule has 2 atom stereocenters. The molecule has 5 nitrogen and oxygen atoms in total. The smallest absolute Gasteiger partial charge is 0.320 e. The van der Waals surface area contributed by atoms with Crippen LogP contribution in [0.2, 0.25) is 0 Å². The van der Waals surface area contributed by atoms with E-state index < -0.39 is 0 Å². The van der Waals surface area contributed by atoms with E-state index in [0.29, 0.717) is 30.7 Å². The minimum absolute atomic E-state index is 0.132. The van der Waals surface area contributed by atoms with E-state index in [2.05, 4.69) is 66.0 Å². The van der Waals surface area contributed by atoms with Gasteiger partial charge in [-0.15, -0.1) is 0 Å². The molecule has 2 aromatic rings. The number of hydrogen-bond acceptors (Lipinski definition) is 2. The van der Waals surface area contributed by atoms with E-state index in [1.165, 1.54) is 11.1 Å². The molecule has 0 spiro atoms. The highest BCUT2D eigenvalue weighted by atomic mass is 16.2. The summed E-state index contributed by atoms with van der Waals surface area (Å²) in [7, 11) is 0. The highest BCUT2D eigenvalue weighted by Crippen LogP contribution is 2.38. The van der Waals surface area contributed by atoms with E-state index in [0.717, 1.165) is 45.3 Å². The second kappa shape index (κ2) is 9.35. The lowest BCUT2D eigenvalue weighted by Crippen LogP contribution is -2.59. The molecule has 3 aliphatic heterocycles. The Balaban J connectivity index is 1.24. The molecule has 0 aliphatic carbocycles. The Kier molecular flexibility index (Phi) is 6.15. The van der Waals surface area contributed by atoms with Crippen molar-refractivity contribution in [1.29, 1.82) is 0 Å². The molecule has 3 saturated heterocycles. The van der Waals surface area contributed by atoms with Gasteiger partial charge in [-0.3, -0.25) is 4.79 Å². The molecule has 168 valence electrons. The number of rotatable bonds is 3. The van der Waals surface area contributed by atoms with Gasteiger partial charge in [-0.25, -0.2) is 4.79 Å². The number of likely N-dealkylation sites (tertiary alicyclic amines) is 2. The molecule has 2 aromatic carbocycles. The monoisotopic (exact) mass is 431 g/mol. The van der Waals surface area contributed by atoms with Crippen molar-refractivity contribution in [2.45, 2.75) is 44.1 Å². The predicted octanol–water partition coefficient (Wildman–Crippen LogP) is 4.25. The van der Waals surface area contributed by atoms with Crippen molar-refractivity contribution >= 4 is 11.9 Å². The Bertz CT molecular complexity index is 885. The second-order valence-electron chi connectivity index (χ2n) is 9.61. The van der Waals surface area contributed by atoms with Crippen molar-refractivity contribution in [2.24, 2.45) is 11.8 Å². The standard InChI is InChI=1S/C27H33N3O2/c31-25-12-11-20-13-18-30(19-24(20)28-25)27(32)29-16-14-23(15-17-29)26(21-7-3-1-4-8-21)22-9-5-2-6-10-22/h1-10,20,23-24,26H,11-19H2,(H,28,31). The fourth-order valence-corrected chi connectivity index (χ4v) is 5.96. The third kappa shape index (κ3) is 4.38. The first-order valence-corrected chi connectivity index (χ1v) is 12.1. The van der Waals surface area contributed by atoms with Crippen molar-refractivity contribution in [2.75, 3.05) is 26.2 Å². The van der Waals surface area contributed by atoms with Crippen LogP contribution in [0.3, 0.4) is 0 Å². The first kappa shape index (κ1) is 21.0. The summed E-state index contributed by atoms with van der Waals surface area (Å²) in [5.41, 5.74) is 2.72. The quantitative estimate of drug-likeness (QED) is 0.790. The van der Waals surface area contributed by atoms with Crippen molar-refractivity contribution in [3.63, 3.8) is 0 Å². The Hall–Kier alpha value is -2.82. The Labute approximate surface area is 190 Å². The third-order valence-corrected chi connectivity index (χ3v) is 7.71. The van der Waals surface area contributed by atoms with Crippen LogP contribution in [0.4, 0.5) is 4.79 Å². The van der Waals surface area contributed by atoms with E-state index in [9.17, 15) is 9.59 Å². The molecule has 5 rings (SSSR count). The molecule has 0 bridgehead atoms. The molecular formula is C27H33N3O2. The number of amides is 3. The predicted molar refractivity (Wildman–Crippen MR) is 125 cm³/mol. The van der Waals surface area contributed by atoms with Crippen LogP contribution in [0, 0.1) is 11.8 Å². The molecule has 3 heterocycles. The summed E-state index contributed by atoms with van der Waals surface area (Å²) < 4.78 is 0. The molecule has 0 radical (unpaired) electrons. The van der Waals surface area contributed by atoms with Gasteiger partial charge < -0.3 is 15.1 Å². The topological polar surface area (TPSA) is 52.7 Å². The maximum absolute atomic E-state index is 13.3. The average molecular weight is 432 g/mol. The van der Waals surface area contributed by atoms with Gasteiger partial charge in [0, 0.05) is 44.6 Å². The summed E-state index contributed by atoms with van der Waals surface area (Å²) in [5, 5.41) is 3.11. The lowest BCUT2D eigenvalue weighted by Gasteiger charge is -2.44. The van der Waals surface area contributed by atoms with Gasteiger partial charge in [-0.1, -0.05) is 60.7 Å². The van der Waals surface area contributed by atoms with Gasteiger partial charge in [0.05, 0.1) is 0 Å². The van der Waals surface area contributed by atoms with Crippen LogP contribution in [0.1, 0.15) is 49.1 Å². The number of hydrogen-bond donors (Lipinski definition) is 1. The SMILES string of the molecule is O=C1CCC2CCN(C(=O)N3CCC(C(c4ccccc4)c4ccccc4)CC3)CC2N1. The molecule has 0 saturated carbocycles. The Morgan fingerprint density at radius 3 is 2.03 bits per heavy atom. The maximum Gasteiger partial charge on any atom is 0.320 e. The van der Waals surface area contributed by atoms with Crippen molar-refractivity contribution in [3.05, 3.63) is 71.8 Å². The lowest BCUT2D eigenvalue weighted by molar-refractivity contribution is -0.125. The second-order valence-corrected chi connectivity index (χ2v) is 9.61. The maximum atomic E-state index is 13.3. The summed E-state index contributed by atoms with van der Waals surface area (Å²) >= 11 is 0. The Morgan fingerprint density at radius 1 is 0.812 bits per heavy atom. The van der Waals surface area contributed by atoms with Crippen molar-refractivity contribution in [3.8, 4) is 0 Å². The number of carbonyl (C=O) groups excluding carboxylic acids is 2. The number of benzene rings is 2. The molecule has 5 heteroatoms. The van der Waals surface area contributed by atoms with Gasteiger partial charge >= 0.3 is 6.03 Å². The minimum Gasteiger partial charge on any atom is -0.351 e. The van der Waals surface area contributed by atoms with Gasteiger partial charge in [0.2, 0.25) is 5.91 Å². The van der Waals surface area contributed by atoms with Crippen LogP contribution in [-0.4, -0.2) is 54.0 Å². The molecule has 2 unspecified atom stereocenters. The van der Waals surface area contributed by atoms with Gasteiger partial charge in [0.1, 0.15) is 0 Å². The molecule has 3 amide bonds. The zero-order chi connectivity index (χ0) is 21.9. The fraction of sp³-hybridized carbons (Fsp3) is 0.481. The fourth-order valence-electron chi connectivity index (χ4n) is 5.96. The number of nitrogens with zero attached hydrogens (tertiary/aromatic N) is 2. The summed E-state index contributed by atoms with van der Waals surface area (Å²) in [6, 6.07) is 21.9. The highest BCUT2D eigenvalue weighted by Gasteiger charge is 2.38. The number of nitrogens with one attached hydrogen (secondary N) is 1. The van der Waals surface area contributed by atoms with Crippen molar-refractivity contribution < 1.29 is 9.59 Å². The largest absolute Gasteiger partial charge is 0.351 e. The van der Waals surface area contributed by atoms with Gasteiger partial charge in [-0.2, -0.15) is 0 Å².